The number of hydrogen-bond acceptors (Lipinski definition) is 4. The highest BCUT2D eigenvalue weighted by molar-refractivity contribution is 7.80. The molecule has 0 aromatic heterocycles. The highest BCUT2D eigenvalue weighted by atomic mass is 32.1. The first-order valence-electron chi connectivity index (χ1n) is 9.61. The van der Waals surface area contributed by atoms with Crippen molar-refractivity contribution in [2.45, 2.75) is 33.4 Å². The normalized spacial score (nSPS) is 16.5. The standard InChI is InChI=1S/C23H26N2O3S/c1-5-27-20-13-18(11-12-19(20)28-14-17-9-7-6-8-10-17)22-21(16(3)26)15(2)25(4)23(29)24-22/h6-13,22H,5,14H2,1-4H3,(H,24,29). The molecule has 1 atom stereocenters. The Morgan fingerprint density at radius 3 is 2.52 bits per heavy atom. The summed E-state index contributed by atoms with van der Waals surface area (Å²) in [6.45, 7) is 6.39. The second-order valence-electron chi connectivity index (χ2n) is 6.91. The number of hydrogen-bond donors (Lipinski definition) is 1. The van der Waals surface area contributed by atoms with Crippen LogP contribution in [0.4, 0.5) is 0 Å². The molecule has 0 bridgehead atoms. The first-order valence-corrected chi connectivity index (χ1v) is 10.0. The third kappa shape index (κ3) is 4.59. The molecule has 0 aliphatic carbocycles. The molecule has 0 saturated carbocycles. The molecule has 1 unspecified atom stereocenters. The smallest absolute Gasteiger partial charge is 0.173 e. The molecule has 0 spiro atoms. The number of carbonyl (C=O) groups is 1. The molecular formula is C23H26N2O3S. The molecular weight excluding hydrogens is 384 g/mol. The second-order valence-corrected chi connectivity index (χ2v) is 7.30. The first kappa shape index (κ1) is 20.9. The van der Waals surface area contributed by atoms with Gasteiger partial charge in [-0.3, -0.25) is 4.79 Å². The summed E-state index contributed by atoms with van der Waals surface area (Å²) in [5, 5.41) is 3.86. The average molecular weight is 411 g/mol. The SMILES string of the molecule is CCOc1cc(C2NC(=S)N(C)C(C)=C2C(C)=O)ccc1OCc1ccccc1. The zero-order valence-electron chi connectivity index (χ0n) is 17.2. The van der Waals surface area contributed by atoms with Gasteiger partial charge in [0.1, 0.15) is 6.61 Å². The lowest BCUT2D eigenvalue weighted by Crippen LogP contribution is -2.45. The minimum atomic E-state index is -0.321. The fourth-order valence-corrected chi connectivity index (χ4v) is 3.62. The van der Waals surface area contributed by atoms with Crippen LogP contribution in [0.2, 0.25) is 0 Å². The first-order chi connectivity index (χ1) is 13.9. The van der Waals surface area contributed by atoms with Crippen molar-refractivity contribution in [3.8, 4) is 11.5 Å². The zero-order valence-corrected chi connectivity index (χ0v) is 18.0. The van der Waals surface area contributed by atoms with Crippen LogP contribution < -0.4 is 14.8 Å². The summed E-state index contributed by atoms with van der Waals surface area (Å²) in [6, 6.07) is 15.4. The monoisotopic (exact) mass is 410 g/mol. The van der Waals surface area contributed by atoms with E-state index < -0.39 is 0 Å². The van der Waals surface area contributed by atoms with Crippen LogP contribution in [0.15, 0.2) is 59.8 Å². The van der Waals surface area contributed by atoms with Gasteiger partial charge in [0.25, 0.3) is 0 Å². The van der Waals surface area contributed by atoms with Crippen molar-refractivity contribution < 1.29 is 14.3 Å². The van der Waals surface area contributed by atoms with E-state index in [1.807, 2.05) is 74.3 Å². The summed E-state index contributed by atoms with van der Waals surface area (Å²) < 4.78 is 11.8. The van der Waals surface area contributed by atoms with Gasteiger partial charge in [0.15, 0.2) is 22.4 Å². The molecule has 1 N–H and O–H groups in total. The van der Waals surface area contributed by atoms with Gasteiger partial charge in [-0.15, -0.1) is 0 Å². The lowest BCUT2D eigenvalue weighted by Gasteiger charge is -2.35. The zero-order chi connectivity index (χ0) is 21.0. The summed E-state index contributed by atoms with van der Waals surface area (Å²) in [6.07, 6.45) is 0. The molecule has 2 aromatic rings. The quantitative estimate of drug-likeness (QED) is 0.684. The molecule has 1 aliphatic heterocycles. The summed E-state index contributed by atoms with van der Waals surface area (Å²) in [4.78, 5) is 14.2. The van der Waals surface area contributed by atoms with Gasteiger partial charge in [0.2, 0.25) is 0 Å². The number of ketones is 1. The van der Waals surface area contributed by atoms with E-state index in [4.69, 9.17) is 21.7 Å². The van der Waals surface area contributed by atoms with Crippen molar-refractivity contribution in [1.82, 2.24) is 10.2 Å². The largest absolute Gasteiger partial charge is 0.490 e. The maximum absolute atomic E-state index is 12.4. The lowest BCUT2D eigenvalue weighted by molar-refractivity contribution is -0.114. The van der Waals surface area contributed by atoms with E-state index in [0.717, 1.165) is 16.8 Å². The van der Waals surface area contributed by atoms with Crippen LogP contribution >= 0.6 is 12.2 Å². The van der Waals surface area contributed by atoms with Crippen molar-refractivity contribution in [2.75, 3.05) is 13.7 Å². The molecule has 3 rings (SSSR count). The van der Waals surface area contributed by atoms with Crippen LogP contribution in [-0.2, 0) is 11.4 Å². The Balaban J connectivity index is 1.92. The number of thiocarbonyl (C=S) groups is 1. The van der Waals surface area contributed by atoms with Crippen molar-refractivity contribution in [3.63, 3.8) is 0 Å². The Kier molecular flexibility index (Phi) is 6.54. The molecule has 0 saturated heterocycles. The van der Waals surface area contributed by atoms with Crippen molar-refractivity contribution >= 4 is 23.1 Å². The van der Waals surface area contributed by atoms with E-state index in [1.165, 1.54) is 0 Å². The maximum Gasteiger partial charge on any atom is 0.173 e. The van der Waals surface area contributed by atoms with E-state index in [-0.39, 0.29) is 11.8 Å². The number of benzene rings is 2. The number of allylic oxidation sites excluding steroid dienone is 1. The number of nitrogens with zero attached hydrogens (tertiary/aromatic N) is 1. The van der Waals surface area contributed by atoms with Crippen LogP contribution in [-0.4, -0.2) is 29.5 Å². The Hall–Kier alpha value is -2.86. The van der Waals surface area contributed by atoms with Crippen molar-refractivity contribution in [2.24, 2.45) is 0 Å². The van der Waals surface area contributed by atoms with Crippen molar-refractivity contribution in [3.05, 3.63) is 70.9 Å². The minimum Gasteiger partial charge on any atom is -0.490 e. The van der Waals surface area contributed by atoms with Crippen LogP contribution in [0.3, 0.4) is 0 Å². The molecule has 6 heteroatoms. The predicted molar refractivity (Wildman–Crippen MR) is 118 cm³/mol. The average Bonchev–Trinajstić information content (AvgIpc) is 2.71. The molecule has 5 nitrogen and oxygen atoms in total. The molecule has 2 aromatic carbocycles. The number of Topliss-reactive ketones (excluding diaryl/α,β-unsaturated/α-hetero) is 1. The van der Waals surface area contributed by atoms with Gasteiger partial charge in [-0.1, -0.05) is 36.4 Å². The second kappa shape index (κ2) is 9.09. The molecule has 0 radical (unpaired) electrons. The molecule has 0 fully saturated rings. The van der Waals surface area contributed by atoms with Crippen LogP contribution in [0, 0.1) is 0 Å². The van der Waals surface area contributed by atoms with E-state index >= 15 is 0 Å². The van der Waals surface area contributed by atoms with E-state index in [2.05, 4.69) is 5.32 Å². The van der Waals surface area contributed by atoms with Gasteiger partial charge < -0.3 is 19.7 Å². The summed E-state index contributed by atoms with van der Waals surface area (Å²) >= 11 is 5.44. The molecule has 0 amide bonds. The van der Waals surface area contributed by atoms with Gasteiger partial charge in [-0.2, -0.15) is 0 Å². The van der Waals surface area contributed by atoms with Gasteiger partial charge >= 0.3 is 0 Å². The molecule has 1 heterocycles. The number of nitrogens with one attached hydrogen (secondary N) is 1. The van der Waals surface area contributed by atoms with E-state index in [9.17, 15) is 4.79 Å². The minimum absolute atomic E-state index is 0.0108. The van der Waals surface area contributed by atoms with Gasteiger partial charge in [0.05, 0.1) is 12.6 Å². The van der Waals surface area contributed by atoms with Crippen molar-refractivity contribution in [1.29, 1.82) is 0 Å². The van der Waals surface area contributed by atoms with Gasteiger partial charge in [-0.25, -0.2) is 0 Å². The Morgan fingerprint density at radius 2 is 1.86 bits per heavy atom. The van der Waals surface area contributed by atoms with Crippen LogP contribution in [0.1, 0.15) is 37.9 Å². The van der Waals surface area contributed by atoms with E-state index in [0.29, 0.717) is 35.4 Å². The predicted octanol–water partition coefficient (Wildman–Crippen LogP) is 4.39. The number of ether oxygens (including phenoxy) is 2. The Bertz CT molecular complexity index is 940. The third-order valence-corrected chi connectivity index (χ3v) is 5.36. The number of rotatable bonds is 7. The fourth-order valence-electron chi connectivity index (χ4n) is 3.37. The molecule has 29 heavy (non-hydrogen) atoms. The highest BCUT2D eigenvalue weighted by Gasteiger charge is 2.31. The number of carbonyl (C=O) groups excluding carboxylic acids is 1. The third-order valence-electron chi connectivity index (χ3n) is 4.97. The Morgan fingerprint density at radius 1 is 1.14 bits per heavy atom. The summed E-state index contributed by atoms with van der Waals surface area (Å²) in [5.41, 5.74) is 3.54. The van der Waals surface area contributed by atoms with Gasteiger partial charge in [-0.05, 0) is 56.2 Å². The summed E-state index contributed by atoms with van der Waals surface area (Å²) in [7, 11) is 1.86. The maximum atomic E-state index is 12.4. The van der Waals surface area contributed by atoms with Gasteiger partial charge in [0, 0.05) is 18.3 Å². The molecule has 1 aliphatic rings. The summed E-state index contributed by atoms with van der Waals surface area (Å²) in [5.74, 6) is 1.32. The molecule has 152 valence electrons. The Labute approximate surface area is 177 Å². The highest BCUT2D eigenvalue weighted by Crippen LogP contribution is 2.36. The van der Waals surface area contributed by atoms with E-state index in [1.54, 1.807) is 6.92 Å². The fraction of sp³-hybridized carbons (Fsp3) is 0.304. The topological polar surface area (TPSA) is 50.8 Å². The van der Waals surface area contributed by atoms with Crippen LogP contribution in [0.25, 0.3) is 0 Å². The lowest BCUT2D eigenvalue weighted by atomic mass is 9.92. The van der Waals surface area contributed by atoms with Crippen LogP contribution in [0.5, 0.6) is 11.5 Å².